The molecule has 0 heterocycles. The first kappa shape index (κ1) is 11.0. The van der Waals surface area contributed by atoms with E-state index in [4.69, 9.17) is 5.73 Å². The Hall–Kier alpha value is -0.470. The highest BCUT2D eigenvalue weighted by Gasteiger charge is 2.26. The number of nitrogens with two attached hydrogens (primary N) is 1. The first-order valence-electron chi connectivity index (χ1n) is 5.63. The Bertz CT molecular complexity index is 324. The van der Waals surface area contributed by atoms with Gasteiger partial charge in [0.2, 0.25) is 0 Å². The van der Waals surface area contributed by atoms with Crippen LogP contribution in [0, 0.1) is 0 Å². The first-order chi connectivity index (χ1) is 7.31. The van der Waals surface area contributed by atoms with Crippen LogP contribution < -0.4 is 5.73 Å². The molecule has 0 bridgehead atoms. The number of rotatable bonds is 5. The minimum atomic E-state index is 0.385. The fourth-order valence-corrected chi connectivity index (χ4v) is 2.86. The van der Waals surface area contributed by atoms with Gasteiger partial charge in [-0.2, -0.15) is 11.8 Å². The number of thioether (sulfide) groups is 1. The molecule has 0 aliphatic heterocycles. The fourth-order valence-electron chi connectivity index (χ4n) is 2.33. The van der Waals surface area contributed by atoms with E-state index in [1.54, 1.807) is 0 Å². The zero-order chi connectivity index (χ0) is 10.7. The molecule has 1 nitrogen and oxygen atoms in total. The molecule has 2 unspecified atom stereocenters. The Kier molecular flexibility index (Phi) is 3.71. The van der Waals surface area contributed by atoms with Crippen molar-refractivity contribution in [2.45, 2.75) is 31.2 Å². The van der Waals surface area contributed by atoms with Crippen molar-refractivity contribution < 1.29 is 0 Å². The van der Waals surface area contributed by atoms with Gasteiger partial charge in [0.1, 0.15) is 0 Å². The average molecular weight is 221 g/mol. The summed E-state index contributed by atoms with van der Waals surface area (Å²) >= 11 is 1.89. The Labute approximate surface area is 96.4 Å². The first-order valence-corrected chi connectivity index (χ1v) is 7.03. The topological polar surface area (TPSA) is 26.0 Å². The van der Waals surface area contributed by atoms with Gasteiger partial charge >= 0.3 is 0 Å². The van der Waals surface area contributed by atoms with Gasteiger partial charge < -0.3 is 5.73 Å². The van der Waals surface area contributed by atoms with Crippen LogP contribution in [0.3, 0.4) is 0 Å². The van der Waals surface area contributed by atoms with Crippen LogP contribution in [0.2, 0.25) is 0 Å². The highest BCUT2D eigenvalue weighted by Crippen LogP contribution is 2.37. The zero-order valence-corrected chi connectivity index (χ0v) is 10.1. The molecule has 1 aliphatic carbocycles. The molecule has 2 atom stereocenters. The van der Waals surface area contributed by atoms with Gasteiger partial charge in [-0.1, -0.05) is 24.3 Å². The second-order valence-electron chi connectivity index (χ2n) is 4.38. The van der Waals surface area contributed by atoms with E-state index in [0.717, 1.165) is 18.8 Å². The maximum absolute atomic E-state index is 6.11. The summed E-state index contributed by atoms with van der Waals surface area (Å²) in [4.78, 5) is 0. The summed E-state index contributed by atoms with van der Waals surface area (Å²) in [5, 5.41) is 0. The van der Waals surface area contributed by atoms with E-state index in [2.05, 4.69) is 30.5 Å². The van der Waals surface area contributed by atoms with Gasteiger partial charge in [0.15, 0.2) is 0 Å². The lowest BCUT2D eigenvalue weighted by molar-refractivity contribution is 0.480. The summed E-state index contributed by atoms with van der Waals surface area (Å²) in [7, 11) is 0. The summed E-state index contributed by atoms with van der Waals surface area (Å²) < 4.78 is 0. The molecule has 0 fully saturated rings. The van der Waals surface area contributed by atoms with Crippen LogP contribution in [0.15, 0.2) is 24.3 Å². The van der Waals surface area contributed by atoms with E-state index in [1.165, 1.54) is 23.3 Å². The van der Waals surface area contributed by atoms with Crippen molar-refractivity contribution in [2.24, 2.45) is 5.73 Å². The molecule has 2 heteroatoms. The quantitative estimate of drug-likeness (QED) is 0.827. The van der Waals surface area contributed by atoms with Crippen molar-refractivity contribution in [3.8, 4) is 0 Å². The predicted octanol–water partition coefficient (Wildman–Crippen LogP) is 2.80. The highest BCUT2D eigenvalue weighted by molar-refractivity contribution is 7.98. The van der Waals surface area contributed by atoms with Crippen molar-refractivity contribution in [3.05, 3.63) is 35.4 Å². The monoisotopic (exact) mass is 221 g/mol. The van der Waals surface area contributed by atoms with Gasteiger partial charge in [0.25, 0.3) is 0 Å². The van der Waals surface area contributed by atoms with Gasteiger partial charge in [0.05, 0.1) is 0 Å². The van der Waals surface area contributed by atoms with Crippen molar-refractivity contribution >= 4 is 11.8 Å². The molecule has 1 aromatic rings. The van der Waals surface area contributed by atoms with Crippen LogP contribution in [-0.2, 0) is 6.42 Å². The van der Waals surface area contributed by atoms with E-state index < -0.39 is 0 Å². The second kappa shape index (κ2) is 5.04. The lowest BCUT2D eigenvalue weighted by atomic mass is 9.74. The summed E-state index contributed by atoms with van der Waals surface area (Å²) in [5.41, 5.74) is 9.18. The minimum absolute atomic E-state index is 0.385. The van der Waals surface area contributed by atoms with E-state index >= 15 is 0 Å². The molecule has 82 valence electrons. The largest absolute Gasteiger partial charge is 0.328 e. The summed E-state index contributed by atoms with van der Waals surface area (Å²) in [6.07, 6.45) is 5.70. The molecule has 2 N–H and O–H groups in total. The third-order valence-electron chi connectivity index (χ3n) is 3.24. The van der Waals surface area contributed by atoms with Gasteiger partial charge in [0, 0.05) is 6.04 Å². The van der Waals surface area contributed by atoms with Gasteiger partial charge in [-0.3, -0.25) is 0 Å². The number of hydrogen-bond acceptors (Lipinski definition) is 2. The molecule has 0 saturated heterocycles. The lowest BCUT2D eigenvalue weighted by Gasteiger charge is -2.32. The predicted molar refractivity (Wildman–Crippen MR) is 68.5 cm³/mol. The van der Waals surface area contributed by atoms with Crippen LogP contribution in [0.1, 0.15) is 29.9 Å². The standard InChI is InChI=1S/C13H19NS/c1-15-7-6-12(14)9-11-8-10-4-2-3-5-13(10)11/h2-5,11-12H,6-9,14H2,1H3. The summed E-state index contributed by atoms with van der Waals surface area (Å²) in [6, 6.07) is 9.14. The molecule has 1 aromatic carbocycles. The van der Waals surface area contributed by atoms with E-state index in [0.29, 0.717) is 6.04 Å². The number of fused-ring (bicyclic) bond motifs is 1. The Morgan fingerprint density at radius 1 is 1.47 bits per heavy atom. The maximum Gasteiger partial charge on any atom is 0.00526 e. The molecular formula is C13H19NS. The Morgan fingerprint density at radius 3 is 3.00 bits per heavy atom. The summed E-state index contributed by atoms with van der Waals surface area (Å²) in [5.74, 6) is 1.92. The molecule has 0 aromatic heterocycles. The van der Waals surface area contributed by atoms with Gasteiger partial charge in [-0.25, -0.2) is 0 Å². The molecule has 1 aliphatic rings. The third kappa shape index (κ3) is 2.56. The Balaban J connectivity index is 1.84. The molecule has 0 radical (unpaired) electrons. The van der Waals surface area contributed by atoms with Gasteiger partial charge in [-0.05, 0) is 48.3 Å². The molecule has 0 amide bonds. The SMILES string of the molecule is CSCCC(N)CC1Cc2ccccc21. The number of hydrogen-bond donors (Lipinski definition) is 1. The van der Waals surface area contributed by atoms with E-state index in [1.807, 2.05) is 11.8 Å². The van der Waals surface area contributed by atoms with E-state index in [9.17, 15) is 0 Å². The summed E-state index contributed by atoms with van der Waals surface area (Å²) in [6.45, 7) is 0. The van der Waals surface area contributed by atoms with Crippen molar-refractivity contribution in [1.29, 1.82) is 0 Å². The van der Waals surface area contributed by atoms with Crippen LogP contribution >= 0.6 is 11.8 Å². The van der Waals surface area contributed by atoms with Crippen molar-refractivity contribution in [1.82, 2.24) is 0 Å². The molecule has 0 saturated carbocycles. The second-order valence-corrected chi connectivity index (χ2v) is 5.36. The van der Waals surface area contributed by atoms with Gasteiger partial charge in [-0.15, -0.1) is 0 Å². The zero-order valence-electron chi connectivity index (χ0n) is 9.28. The molecule has 2 rings (SSSR count). The Morgan fingerprint density at radius 2 is 2.27 bits per heavy atom. The van der Waals surface area contributed by atoms with Crippen molar-refractivity contribution in [3.63, 3.8) is 0 Å². The van der Waals surface area contributed by atoms with Crippen molar-refractivity contribution in [2.75, 3.05) is 12.0 Å². The number of benzene rings is 1. The molecule has 15 heavy (non-hydrogen) atoms. The minimum Gasteiger partial charge on any atom is -0.328 e. The van der Waals surface area contributed by atoms with Crippen LogP contribution in [0.4, 0.5) is 0 Å². The smallest absolute Gasteiger partial charge is 0.00526 e. The average Bonchev–Trinajstić information content (AvgIpc) is 2.23. The highest BCUT2D eigenvalue weighted by atomic mass is 32.2. The molecule has 0 spiro atoms. The van der Waals surface area contributed by atoms with Crippen LogP contribution in [-0.4, -0.2) is 18.1 Å². The molecular weight excluding hydrogens is 202 g/mol. The van der Waals surface area contributed by atoms with Crippen LogP contribution in [0.25, 0.3) is 0 Å². The van der Waals surface area contributed by atoms with E-state index in [-0.39, 0.29) is 0 Å². The fraction of sp³-hybridized carbons (Fsp3) is 0.538. The van der Waals surface area contributed by atoms with Crippen LogP contribution in [0.5, 0.6) is 0 Å². The lowest BCUT2D eigenvalue weighted by Crippen LogP contribution is -2.28. The normalized spacial score (nSPS) is 20.5. The maximum atomic E-state index is 6.11. The third-order valence-corrected chi connectivity index (χ3v) is 3.89.